The lowest BCUT2D eigenvalue weighted by Gasteiger charge is -2.19. The quantitative estimate of drug-likeness (QED) is 0.765. The van der Waals surface area contributed by atoms with Gasteiger partial charge in [-0.05, 0) is 31.3 Å². The minimum absolute atomic E-state index is 0.235. The second-order valence-electron chi connectivity index (χ2n) is 3.96. The largest absolute Gasteiger partial charge is 0.312 e. The molecule has 0 N–H and O–H groups in total. The zero-order chi connectivity index (χ0) is 11.5. The Morgan fingerprint density at radius 1 is 1.20 bits per heavy atom. The maximum absolute atomic E-state index is 11.8. The predicted octanol–water partition coefficient (Wildman–Crippen LogP) is 2.62. The Kier molecular flexibility index (Phi) is 3.70. The van der Waals surface area contributed by atoms with E-state index in [0.717, 1.165) is 6.04 Å². The number of rotatable bonds is 4. The van der Waals surface area contributed by atoms with Gasteiger partial charge in [-0.25, -0.2) is 0 Å². The van der Waals surface area contributed by atoms with Gasteiger partial charge in [0.05, 0.1) is 4.90 Å². The SMILES string of the molecule is CC[Si](C)(C)OS(=O)(=O)c1ccccc1. The maximum atomic E-state index is 11.8. The monoisotopic (exact) mass is 244 g/mol. The lowest BCUT2D eigenvalue weighted by molar-refractivity contribution is 0.482. The van der Waals surface area contributed by atoms with Gasteiger partial charge < -0.3 is 3.87 Å². The van der Waals surface area contributed by atoms with Crippen LogP contribution >= 0.6 is 0 Å². The highest BCUT2D eigenvalue weighted by Crippen LogP contribution is 2.19. The van der Waals surface area contributed by atoms with E-state index in [1.165, 1.54) is 0 Å². The third-order valence-electron chi connectivity index (χ3n) is 2.22. The molecule has 0 spiro atoms. The van der Waals surface area contributed by atoms with Crippen LogP contribution in [0.1, 0.15) is 6.92 Å². The molecule has 84 valence electrons. The molecule has 0 saturated carbocycles. The standard InChI is InChI=1S/C10H16O3SSi/c1-4-15(2,3)13-14(11,12)10-8-6-5-7-9-10/h5-9H,4H2,1-3H3. The first kappa shape index (κ1) is 12.4. The van der Waals surface area contributed by atoms with Crippen LogP contribution in [0.5, 0.6) is 0 Å². The fraction of sp³-hybridized carbons (Fsp3) is 0.400. The molecule has 1 aromatic carbocycles. The van der Waals surface area contributed by atoms with Gasteiger partial charge in [-0.15, -0.1) is 0 Å². The van der Waals surface area contributed by atoms with Crippen molar-refractivity contribution in [1.82, 2.24) is 0 Å². The van der Waals surface area contributed by atoms with Crippen molar-refractivity contribution in [3.8, 4) is 0 Å². The van der Waals surface area contributed by atoms with E-state index in [-0.39, 0.29) is 4.90 Å². The van der Waals surface area contributed by atoms with Gasteiger partial charge in [0.15, 0.2) is 0 Å². The van der Waals surface area contributed by atoms with Crippen LogP contribution in [-0.4, -0.2) is 16.7 Å². The molecule has 0 fully saturated rings. The molecule has 0 aromatic heterocycles. The second-order valence-corrected chi connectivity index (χ2v) is 10.2. The van der Waals surface area contributed by atoms with Crippen LogP contribution in [0, 0.1) is 0 Å². The first-order valence-corrected chi connectivity index (χ1v) is 9.40. The topological polar surface area (TPSA) is 43.4 Å². The van der Waals surface area contributed by atoms with Gasteiger partial charge >= 0.3 is 0 Å². The Bertz CT molecular complexity index is 412. The van der Waals surface area contributed by atoms with Crippen LogP contribution in [0.15, 0.2) is 35.2 Å². The third kappa shape index (κ3) is 3.44. The molecule has 1 rings (SSSR count). The van der Waals surface area contributed by atoms with Crippen molar-refractivity contribution in [3.05, 3.63) is 30.3 Å². The summed E-state index contributed by atoms with van der Waals surface area (Å²) in [5, 5.41) is 0. The number of benzene rings is 1. The van der Waals surface area contributed by atoms with Crippen LogP contribution in [-0.2, 0) is 14.0 Å². The summed E-state index contributed by atoms with van der Waals surface area (Å²) in [4.78, 5) is 0.235. The summed E-state index contributed by atoms with van der Waals surface area (Å²) in [7, 11) is -5.65. The highest BCUT2D eigenvalue weighted by atomic mass is 32.2. The van der Waals surface area contributed by atoms with Gasteiger partial charge in [0.1, 0.15) is 0 Å². The van der Waals surface area contributed by atoms with Crippen LogP contribution in [0.2, 0.25) is 19.1 Å². The molecule has 5 heteroatoms. The molecule has 0 saturated heterocycles. The molecule has 15 heavy (non-hydrogen) atoms. The van der Waals surface area contributed by atoms with Crippen LogP contribution in [0.4, 0.5) is 0 Å². The lowest BCUT2D eigenvalue weighted by atomic mass is 10.4. The molecule has 0 heterocycles. The van der Waals surface area contributed by atoms with E-state index in [0.29, 0.717) is 0 Å². The molecule has 1 aromatic rings. The van der Waals surface area contributed by atoms with Crippen molar-refractivity contribution in [2.45, 2.75) is 31.0 Å². The van der Waals surface area contributed by atoms with Gasteiger partial charge in [-0.1, -0.05) is 25.1 Å². The smallest absolute Gasteiger partial charge is 0.287 e. The molecule has 0 unspecified atom stereocenters. The van der Waals surface area contributed by atoms with Gasteiger partial charge in [-0.3, -0.25) is 0 Å². The van der Waals surface area contributed by atoms with Crippen LogP contribution < -0.4 is 0 Å². The zero-order valence-electron chi connectivity index (χ0n) is 9.23. The van der Waals surface area contributed by atoms with Gasteiger partial charge in [0, 0.05) is 0 Å². The second kappa shape index (κ2) is 4.47. The predicted molar refractivity (Wildman–Crippen MR) is 62.7 cm³/mol. The van der Waals surface area contributed by atoms with Gasteiger partial charge in [-0.2, -0.15) is 8.42 Å². The van der Waals surface area contributed by atoms with Crippen molar-refractivity contribution in [1.29, 1.82) is 0 Å². The Morgan fingerprint density at radius 2 is 1.73 bits per heavy atom. The molecule has 3 nitrogen and oxygen atoms in total. The van der Waals surface area contributed by atoms with Crippen molar-refractivity contribution in [2.24, 2.45) is 0 Å². The summed E-state index contributed by atoms with van der Waals surface area (Å²) in [6.07, 6.45) is 0. The molecule has 0 aliphatic rings. The van der Waals surface area contributed by atoms with Crippen molar-refractivity contribution < 1.29 is 12.3 Å². The zero-order valence-corrected chi connectivity index (χ0v) is 11.0. The Labute approximate surface area is 92.3 Å². The molecule has 0 radical (unpaired) electrons. The highest BCUT2D eigenvalue weighted by molar-refractivity contribution is 7.87. The molecule has 0 bridgehead atoms. The number of hydrogen-bond acceptors (Lipinski definition) is 3. The Hall–Kier alpha value is -0.653. The van der Waals surface area contributed by atoms with E-state index in [4.69, 9.17) is 3.87 Å². The Balaban J connectivity index is 2.96. The fourth-order valence-corrected chi connectivity index (χ4v) is 4.71. The Morgan fingerprint density at radius 3 is 2.20 bits per heavy atom. The van der Waals surface area contributed by atoms with Gasteiger partial charge in [0.25, 0.3) is 10.1 Å². The molecule has 0 atom stereocenters. The van der Waals surface area contributed by atoms with Crippen LogP contribution in [0.25, 0.3) is 0 Å². The van der Waals surface area contributed by atoms with E-state index in [1.807, 2.05) is 20.0 Å². The summed E-state index contributed by atoms with van der Waals surface area (Å²) >= 11 is 0. The van der Waals surface area contributed by atoms with E-state index >= 15 is 0 Å². The summed E-state index contributed by atoms with van der Waals surface area (Å²) in [6, 6.07) is 9.04. The number of hydrogen-bond donors (Lipinski definition) is 0. The minimum Gasteiger partial charge on any atom is -0.312 e. The van der Waals surface area contributed by atoms with E-state index in [2.05, 4.69) is 0 Å². The molecule has 0 aliphatic carbocycles. The lowest BCUT2D eigenvalue weighted by Crippen LogP contribution is -2.32. The van der Waals surface area contributed by atoms with Crippen molar-refractivity contribution in [3.63, 3.8) is 0 Å². The summed E-state index contributed by atoms with van der Waals surface area (Å²) in [6.45, 7) is 5.74. The van der Waals surface area contributed by atoms with E-state index < -0.39 is 18.4 Å². The summed E-state index contributed by atoms with van der Waals surface area (Å²) < 4.78 is 28.9. The average Bonchev–Trinajstić information content (AvgIpc) is 2.18. The van der Waals surface area contributed by atoms with Crippen molar-refractivity contribution in [2.75, 3.05) is 0 Å². The molecular formula is C10H16O3SSi. The highest BCUT2D eigenvalue weighted by Gasteiger charge is 2.28. The first-order valence-electron chi connectivity index (χ1n) is 4.88. The van der Waals surface area contributed by atoms with E-state index in [9.17, 15) is 8.42 Å². The normalized spacial score (nSPS) is 12.7. The average molecular weight is 244 g/mol. The fourth-order valence-electron chi connectivity index (χ4n) is 0.991. The van der Waals surface area contributed by atoms with Gasteiger partial charge in [0.2, 0.25) is 8.32 Å². The third-order valence-corrected chi connectivity index (χ3v) is 7.45. The summed E-state index contributed by atoms with van der Waals surface area (Å²) in [5.74, 6) is 0. The first-order chi connectivity index (χ1) is 6.87. The van der Waals surface area contributed by atoms with Crippen LogP contribution in [0.3, 0.4) is 0 Å². The molecule has 0 aliphatic heterocycles. The maximum Gasteiger partial charge on any atom is 0.287 e. The van der Waals surface area contributed by atoms with Crippen molar-refractivity contribution >= 4 is 18.4 Å². The molecule has 0 amide bonds. The minimum atomic E-state index is -3.57. The van der Waals surface area contributed by atoms with E-state index in [1.54, 1.807) is 30.3 Å². The molecular weight excluding hydrogens is 228 g/mol. The summed E-state index contributed by atoms with van der Waals surface area (Å²) in [5.41, 5.74) is 0.